The molecule has 0 radical (unpaired) electrons. The van der Waals surface area contributed by atoms with Crippen molar-refractivity contribution in [3.63, 3.8) is 0 Å². The molecule has 132 valence electrons. The second kappa shape index (κ2) is 7.24. The summed E-state index contributed by atoms with van der Waals surface area (Å²) < 4.78 is 10.4. The van der Waals surface area contributed by atoms with E-state index in [-0.39, 0.29) is 23.0 Å². The molecule has 9 heteroatoms. The standard InChI is InChI=1S/C17H11ClN2O6/c18-13-5-3-11(20(23)24)7-14(13)19-16(21)9-25-12-4-1-10-2-6-17(22)26-15(10)8-12/h1-8H,9H2,(H,19,21). The summed E-state index contributed by atoms with van der Waals surface area (Å²) in [6.07, 6.45) is 0. The first-order valence-electron chi connectivity index (χ1n) is 7.33. The fraction of sp³-hybridized carbons (Fsp3) is 0.0588. The Morgan fingerprint density at radius 1 is 1.19 bits per heavy atom. The van der Waals surface area contributed by atoms with E-state index in [9.17, 15) is 19.7 Å². The number of fused-ring (bicyclic) bond motifs is 1. The van der Waals surface area contributed by atoms with Crippen LogP contribution in [-0.2, 0) is 4.79 Å². The summed E-state index contributed by atoms with van der Waals surface area (Å²) in [5.74, 6) is -0.228. The Labute approximate surface area is 151 Å². The molecule has 0 atom stereocenters. The fourth-order valence-electron chi connectivity index (χ4n) is 2.19. The third-order valence-corrected chi connectivity index (χ3v) is 3.73. The molecule has 0 aliphatic heterocycles. The molecular formula is C17H11ClN2O6. The Kier molecular flexibility index (Phi) is 4.85. The second-order valence-corrected chi connectivity index (χ2v) is 5.62. The smallest absolute Gasteiger partial charge is 0.336 e. The number of hydrogen-bond acceptors (Lipinski definition) is 6. The average molecular weight is 375 g/mol. The normalized spacial score (nSPS) is 10.5. The van der Waals surface area contributed by atoms with Crippen LogP contribution in [0.4, 0.5) is 11.4 Å². The first-order chi connectivity index (χ1) is 12.4. The SMILES string of the molecule is O=C(COc1ccc2ccc(=O)oc2c1)Nc1cc([N+](=O)[O-])ccc1Cl. The zero-order valence-corrected chi connectivity index (χ0v) is 13.9. The van der Waals surface area contributed by atoms with E-state index in [0.29, 0.717) is 16.7 Å². The Hall–Kier alpha value is -3.39. The van der Waals surface area contributed by atoms with Gasteiger partial charge in [0.15, 0.2) is 6.61 Å². The highest BCUT2D eigenvalue weighted by atomic mass is 35.5. The maximum absolute atomic E-state index is 12.0. The summed E-state index contributed by atoms with van der Waals surface area (Å²) >= 11 is 5.92. The molecule has 0 fully saturated rings. The molecule has 1 aromatic heterocycles. The molecule has 8 nitrogen and oxygen atoms in total. The number of benzene rings is 2. The summed E-state index contributed by atoms with van der Waals surface area (Å²) in [7, 11) is 0. The van der Waals surface area contributed by atoms with E-state index >= 15 is 0 Å². The van der Waals surface area contributed by atoms with Crippen molar-refractivity contribution in [2.45, 2.75) is 0 Å². The van der Waals surface area contributed by atoms with Crippen LogP contribution in [0, 0.1) is 10.1 Å². The van der Waals surface area contributed by atoms with Crippen LogP contribution in [-0.4, -0.2) is 17.4 Å². The third-order valence-electron chi connectivity index (χ3n) is 3.40. The number of anilines is 1. The van der Waals surface area contributed by atoms with Crippen LogP contribution in [0.2, 0.25) is 5.02 Å². The Morgan fingerprint density at radius 3 is 2.73 bits per heavy atom. The van der Waals surface area contributed by atoms with Crippen molar-refractivity contribution in [1.29, 1.82) is 0 Å². The highest BCUT2D eigenvalue weighted by Crippen LogP contribution is 2.26. The van der Waals surface area contributed by atoms with E-state index in [1.807, 2.05) is 0 Å². The van der Waals surface area contributed by atoms with Gasteiger partial charge in [0.2, 0.25) is 0 Å². The number of ether oxygens (including phenoxy) is 1. The van der Waals surface area contributed by atoms with E-state index in [1.165, 1.54) is 24.3 Å². The number of halogens is 1. The summed E-state index contributed by atoms with van der Waals surface area (Å²) in [5, 5.41) is 14.1. The molecule has 1 heterocycles. The van der Waals surface area contributed by atoms with E-state index in [4.69, 9.17) is 20.8 Å². The van der Waals surface area contributed by atoms with E-state index in [2.05, 4.69) is 5.32 Å². The van der Waals surface area contributed by atoms with Gasteiger partial charge >= 0.3 is 5.63 Å². The lowest BCUT2D eigenvalue weighted by atomic mass is 10.2. The van der Waals surface area contributed by atoms with E-state index < -0.39 is 16.5 Å². The summed E-state index contributed by atoms with van der Waals surface area (Å²) in [6.45, 7) is -0.360. The third kappa shape index (κ3) is 3.98. The molecule has 3 aromatic rings. The highest BCUT2D eigenvalue weighted by molar-refractivity contribution is 6.33. The molecule has 1 N–H and O–H groups in total. The minimum atomic E-state index is -0.592. The maximum atomic E-state index is 12.0. The number of nitro groups is 1. The molecule has 0 aliphatic carbocycles. The molecular weight excluding hydrogens is 364 g/mol. The lowest BCUT2D eigenvalue weighted by Gasteiger charge is -2.09. The molecule has 0 bridgehead atoms. The van der Waals surface area contributed by atoms with Gasteiger partial charge in [-0.05, 0) is 24.3 Å². The van der Waals surface area contributed by atoms with Gasteiger partial charge < -0.3 is 14.5 Å². The number of nitrogens with one attached hydrogen (secondary N) is 1. The number of amides is 1. The monoisotopic (exact) mass is 374 g/mol. The van der Waals surface area contributed by atoms with E-state index in [1.54, 1.807) is 18.2 Å². The molecule has 0 spiro atoms. The second-order valence-electron chi connectivity index (χ2n) is 5.21. The van der Waals surface area contributed by atoms with Crippen LogP contribution in [0.15, 0.2) is 57.7 Å². The first kappa shape index (κ1) is 17.4. The van der Waals surface area contributed by atoms with Gasteiger partial charge in [-0.1, -0.05) is 11.6 Å². The highest BCUT2D eigenvalue weighted by Gasteiger charge is 2.12. The number of hydrogen-bond donors (Lipinski definition) is 1. The number of carbonyl (C=O) groups excluding carboxylic acids is 1. The summed E-state index contributed by atoms with van der Waals surface area (Å²) in [6, 6.07) is 11.4. The molecule has 0 saturated heterocycles. The van der Waals surface area contributed by atoms with E-state index in [0.717, 1.165) is 6.07 Å². The van der Waals surface area contributed by atoms with Crippen molar-refractivity contribution in [2.24, 2.45) is 0 Å². The number of carbonyl (C=O) groups is 1. The number of rotatable bonds is 5. The van der Waals surface area contributed by atoms with Gasteiger partial charge in [-0.3, -0.25) is 14.9 Å². The fourth-order valence-corrected chi connectivity index (χ4v) is 2.35. The van der Waals surface area contributed by atoms with Gasteiger partial charge in [0.25, 0.3) is 11.6 Å². The van der Waals surface area contributed by atoms with Crippen LogP contribution >= 0.6 is 11.6 Å². The maximum Gasteiger partial charge on any atom is 0.336 e. The van der Waals surface area contributed by atoms with Crippen molar-refractivity contribution in [3.8, 4) is 5.75 Å². The first-order valence-corrected chi connectivity index (χ1v) is 7.71. The quantitative estimate of drug-likeness (QED) is 0.416. The van der Waals surface area contributed by atoms with Gasteiger partial charge in [-0.2, -0.15) is 0 Å². The van der Waals surface area contributed by atoms with Crippen molar-refractivity contribution >= 4 is 39.9 Å². The molecule has 1 amide bonds. The molecule has 0 unspecified atom stereocenters. The summed E-state index contributed by atoms with van der Waals surface area (Å²) in [5.41, 5.74) is -0.251. The zero-order chi connectivity index (χ0) is 18.7. The predicted octanol–water partition coefficient (Wildman–Crippen LogP) is 3.37. The number of non-ortho nitro benzene ring substituents is 1. The van der Waals surface area contributed by atoms with Gasteiger partial charge in [0.05, 0.1) is 15.6 Å². The Morgan fingerprint density at radius 2 is 1.96 bits per heavy atom. The predicted molar refractivity (Wildman–Crippen MR) is 94.7 cm³/mol. The van der Waals surface area contributed by atoms with Crippen LogP contribution < -0.4 is 15.7 Å². The Bertz CT molecular complexity index is 1060. The zero-order valence-electron chi connectivity index (χ0n) is 13.1. The van der Waals surface area contributed by atoms with Gasteiger partial charge in [0.1, 0.15) is 11.3 Å². The van der Waals surface area contributed by atoms with Crippen molar-refractivity contribution in [2.75, 3.05) is 11.9 Å². The van der Waals surface area contributed by atoms with Crippen molar-refractivity contribution in [3.05, 3.63) is 74.1 Å². The lowest BCUT2D eigenvalue weighted by molar-refractivity contribution is -0.384. The molecule has 0 aliphatic rings. The van der Waals surface area contributed by atoms with Gasteiger partial charge in [-0.15, -0.1) is 0 Å². The van der Waals surface area contributed by atoms with Gasteiger partial charge in [-0.25, -0.2) is 4.79 Å². The Balaban J connectivity index is 1.68. The lowest BCUT2D eigenvalue weighted by Crippen LogP contribution is -2.20. The van der Waals surface area contributed by atoms with Crippen molar-refractivity contribution < 1.29 is 18.9 Å². The molecule has 2 aromatic carbocycles. The minimum Gasteiger partial charge on any atom is -0.484 e. The number of nitrogens with zero attached hydrogens (tertiary/aromatic N) is 1. The van der Waals surface area contributed by atoms with Gasteiger partial charge in [0, 0.05) is 29.7 Å². The van der Waals surface area contributed by atoms with Crippen molar-refractivity contribution in [1.82, 2.24) is 0 Å². The summed E-state index contributed by atoms with van der Waals surface area (Å²) in [4.78, 5) is 33.4. The molecule has 3 rings (SSSR count). The average Bonchev–Trinajstić information content (AvgIpc) is 2.61. The largest absolute Gasteiger partial charge is 0.484 e. The topological polar surface area (TPSA) is 112 Å². The van der Waals surface area contributed by atoms with Crippen LogP contribution in [0.3, 0.4) is 0 Å². The minimum absolute atomic E-state index is 0.110. The molecule has 26 heavy (non-hydrogen) atoms. The number of nitro benzene ring substituents is 1. The van der Waals surface area contributed by atoms with Crippen LogP contribution in [0.5, 0.6) is 5.75 Å². The van der Waals surface area contributed by atoms with Crippen LogP contribution in [0.1, 0.15) is 0 Å². The van der Waals surface area contributed by atoms with Crippen LogP contribution in [0.25, 0.3) is 11.0 Å². The molecule has 0 saturated carbocycles.